The third kappa shape index (κ3) is 2.23. The molecule has 0 aliphatic heterocycles. The fourth-order valence-corrected chi connectivity index (χ4v) is 2.28. The first kappa shape index (κ1) is 12.3. The van der Waals surface area contributed by atoms with Crippen molar-refractivity contribution in [1.82, 2.24) is 0 Å². The number of hydrogen-bond acceptors (Lipinski definition) is 3. The standard InChI is InChI=1S/C8H8Br2ClNO2/c9-4-1-3(5(12)2-13)8(14)6(10)7(4)11/h1,5,13-14H,2,12H2/t5-/m1/s1. The highest BCUT2D eigenvalue weighted by atomic mass is 79.9. The van der Waals surface area contributed by atoms with Crippen molar-refractivity contribution in [2.75, 3.05) is 6.61 Å². The lowest BCUT2D eigenvalue weighted by Crippen LogP contribution is -2.14. The van der Waals surface area contributed by atoms with E-state index in [1.54, 1.807) is 6.07 Å². The van der Waals surface area contributed by atoms with Gasteiger partial charge < -0.3 is 15.9 Å². The van der Waals surface area contributed by atoms with E-state index in [1.807, 2.05) is 0 Å². The average molecular weight is 345 g/mol. The predicted molar refractivity (Wildman–Crippen MR) is 62.5 cm³/mol. The van der Waals surface area contributed by atoms with Crippen LogP contribution in [0.2, 0.25) is 5.02 Å². The number of phenolic OH excluding ortho intramolecular Hbond substituents is 1. The summed E-state index contributed by atoms with van der Waals surface area (Å²) < 4.78 is 0.982. The van der Waals surface area contributed by atoms with Crippen LogP contribution in [0, 0.1) is 0 Å². The number of phenols is 1. The number of rotatable bonds is 2. The number of benzene rings is 1. The molecule has 0 spiro atoms. The van der Waals surface area contributed by atoms with E-state index in [1.165, 1.54) is 0 Å². The molecule has 1 aromatic rings. The molecule has 14 heavy (non-hydrogen) atoms. The number of aromatic hydroxyl groups is 1. The summed E-state index contributed by atoms with van der Waals surface area (Å²) in [7, 11) is 0. The van der Waals surface area contributed by atoms with Crippen LogP contribution >= 0.6 is 43.5 Å². The monoisotopic (exact) mass is 343 g/mol. The zero-order valence-electron chi connectivity index (χ0n) is 6.97. The summed E-state index contributed by atoms with van der Waals surface area (Å²) in [6, 6.07) is 0.961. The maximum Gasteiger partial charge on any atom is 0.136 e. The molecule has 0 aliphatic carbocycles. The van der Waals surface area contributed by atoms with Crippen LogP contribution in [0.5, 0.6) is 5.75 Å². The maximum absolute atomic E-state index is 9.66. The second-order valence-electron chi connectivity index (χ2n) is 2.71. The number of nitrogens with two attached hydrogens (primary N) is 1. The fourth-order valence-electron chi connectivity index (χ4n) is 0.985. The van der Waals surface area contributed by atoms with Gasteiger partial charge >= 0.3 is 0 Å². The molecule has 0 bridgehead atoms. The van der Waals surface area contributed by atoms with Crippen molar-refractivity contribution >= 4 is 43.5 Å². The molecule has 0 saturated carbocycles. The van der Waals surface area contributed by atoms with Gasteiger partial charge in [-0.1, -0.05) is 11.6 Å². The van der Waals surface area contributed by atoms with Gasteiger partial charge in [0.2, 0.25) is 0 Å². The van der Waals surface area contributed by atoms with E-state index in [9.17, 15) is 5.11 Å². The fraction of sp³-hybridized carbons (Fsp3) is 0.250. The van der Waals surface area contributed by atoms with Crippen molar-refractivity contribution < 1.29 is 10.2 Å². The zero-order valence-corrected chi connectivity index (χ0v) is 10.9. The molecule has 1 rings (SSSR count). The number of halogens is 3. The molecule has 0 aliphatic rings. The van der Waals surface area contributed by atoms with Crippen molar-refractivity contribution in [3.05, 3.63) is 25.6 Å². The molecular formula is C8H8Br2ClNO2. The van der Waals surface area contributed by atoms with Crippen molar-refractivity contribution in [2.45, 2.75) is 6.04 Å². The Balaban J connectivity index is 3.33. The van der Waals surface area contributed by atoms with Crippen LogP contribution in [0.1, 0.15) is 11.6 Å². The van der Waals surface area contributed by atoms with Crippen molar-refractivity contribution in [3.8, 4) is 5.75 Å². The molecule has 1 aromatic carbocycles. The van der Waals surface area contributed by atoms with Crippen molar-refractivity contribution in [1.29, 1.82) is 0 Å². The molecule has 0 heterocycles. The summed E-state index contributed by atoms with van der Waals surface area (Å²) in [5, 5.41) is 18.9. The van der Waals surface area contributed by atoms with E-state index >= 15 is 0 Å². The molecule has 1 atom stereocenters. The lowest BCUT2D eigenvalue weighted by atomic mass is 10.1. The zero-order chi connectivity index (χ0) is 10.9. The van der Waals surface area contributed by atoms with Gasteiger partial charge in [-0.2, -0.15) is 0 Å². The van der Waals surface area contributed by atoms with E-state index in [0.29, 0.717) is 19.5 Å². The third-order valence-electron chi connectivity index (χ3n) is 1.76. The first-order valence-electron chi connectivity index (χ1n) is 3.71. The quantitative estimate of drug-likeness (QED) is 0.722. The first-order chi connectivity index (χ1) is 6.49. The third-order valence-corrected chi connectivity index (χ3v) is 4.01. The van der Waals surface area contributed by atoms with Crippen LogP contribution < -0.4 is 5.73 Å². The smallest absolute Gasteiger partial charge is 0.136 e. The topological polar surface area (TPSA) is 66.5 Å². The summed E-state index contributed by atoms with van der Waals surface area (Å²) in [5.41, 5.74) is 6.03. The Morgan fingerprint density at radius 3 is 2.57 bits per heavy atom. The molecule has 0 fully saturated rings. The van der Waals surface area contributed by atoms with Gasteiger partial charge in [-0.25, -0.2) is 0 Å². The normalized spacial score (nSPS) is 12.9. The predicted octanol–water partition coefficient (Wildman–Crippen LogP) is 2.56. The molecule has 0 aromatic heterocycles. The van der Waals surface area contributed by atoms with Gasteiger partial charge in [0.15, 0.2) is 0 Å². The Hall–Kier alpha value is 0.190. The Morgan fingerprint density at radius 1 is 1.50 bits per heavy atom. The summed E-state index contributed by atoms with van der Waals surface area (Å²) >= 11 is 12.2. The Kier molecular flexibility index (Phi) is 4.21. The first-order valence-corrected chi connectivity index (χ1v) is 5.68. The second-order valence-corrected chi connectivity index (χ2v) is 4.74. The molecule has 0 saturated heterocycles. The van der Waals surface area contributed by atoms with E-state index in [-0.39, 0.29) is 12.4 Å². The lowest BCUT2D eigenvalue weighted by Gasteiger charge is -2.13. The second kappa shape index (κ2) is 4.81. The molecule has 78 valence electrons. The minimum Gasteiger partial charge on any atom is -0.506 e. The highest BCUT2D eigenvalue weighted by Gasteiger charge is 2.17. The number of aliphatic hydroxyl groups is 1. The molecule has 0 amide bonds. The van der Waals surface area contributed by atoms with Gasteiger partial charge in [-0.3, -0.25) is 0 Å². The Labute approximate surface area is 103 Å². The van der Waals surface area contributed by atoms with Crippen LogP contribution in [0.3, 0.4) is 0 Å². The maximum atomic E-state index is 9.66. The minimum absolute atomic E-state index is 0.0419. The molecular weight excluding hydrogens is 337 g/mol. The Bertz CT molecular complexity index is 360. The Morgan fingerprint density at radius 2 is 2.07 bits per heavy atom. The van der Waals surface area contributed by atoms with Gasteiger partial charge in [0.1, 0.15) is 5.75 Å². The lowest BCUT2D eigenvalue weighted by molar-refractivity contribution is 0.265. The van der Waals surface area contributed by atoms with Crippen molar-refractivity contribution in [2.24, 2.45) is 5.73 Å². The summed E-state index contributed by atoms with van der Waals surface area (Å²) in [6.45, 7) is -0.242. The van der Waals surface area contributed by atoms with E-state index in [0.717, 1.165) is 0 Å². The van der Waals surface area contributed by atoms with E-state index in [2.05, 4.69) is 31.9 Å². The van der Waals surface area contributed by atoms with E-state index < -0.39 is 6.04 Å². The molecule has 3 nitrogen and oxygen atoms in total. The van der Waals surface area contributed by atoms with Gasteiger partial charge in [0.25, 0.3) is 0 Å². The van der Waals surface area contributed by atoms with Crippen LogP contribution in [0.4, 0.5) is 0 Å². The van der Waals surface area contributed by atoms with Crippen molar-refractivity contribution in [3.63, 3.8) is 0 Å². The van der Waals surface area contributed by atoms with Crippen LogP contribution in [-0.4, -0.2) is 16.8 Å². The van der Waals surface area contributed by atoms with Gasteiger partial charge in [-0.15, -0.1) is 0 Å². The highest BCUT2D eigenvalue weighted by Crippen LogP contribution is 2.41. The van der Waals surface area contributed by atoms with Crippen LogP contribution in [0.15, 0.2) is 15.0 Å². The minimum atomic E-state index is -0.625. The van der Waals surface area contributed by atoms with Crippen LogP contribution in [-0.2, 0) is 0 Å². The largest absolute Gasteiger partial charge is 0.506 e. The summed E-state index contributed by atoms with van der Waals surface area (Å²) in [6.07, 6.45) is 0. The summed E-state index contributed by atoms with van der Waals surface area (Å²) in [5.74, 6) is -0.0419. The molecule has 6 heteroatoms. The molecule has 0 radical (unpaired) electrons. The van der Waals surface area contributed by atoms with Gasteiger partial charge in [0, 0.05) is 10.0 Å². The molecule has 4 N–H and O–H groups in total. The number of hydrogen-bond donors (Lipinski definition) is 3. The van der Waals surface area contributed by atoms with Gasteiger partial charge in [0.05, 0.1) is 22.1 Å². The average Bonchev–Trinajstić information content (AvgIpc) is 2.19. The SMILES string of the molecule is N[C@H](CO)c1cc(Br)c(Cl)c(Br)c1O. The van der Waals surface area contributed by atoms with Crippen LogP contribution in [0.25, 0.3) is 0 Å². The summed E-state index contributed by atoms with van der Waals surface area (Å²) in [4.78, 5) is 0. The molecule has 0 unspecified atom stereocenters. The van der Waals surface area contributed by atoms with Gasteiger partial charge in [-0.05, 0) is 37.9 Å². The van der Waals surface area contributed by atoms with E-state index in [4.69, 9.17) is 22.4 Å². The number of aliphatic hydroxyl groups excluding tert-OH is 1. The highest BCUT2D eigenvalue weighted by molar-refractivity contribution is 9.11.